The van der Waals surface area contributed by atoms with E-state index in [1.165, 1.54) is 30.0 Å². The molecular weight excluding hydrogens is 532 g/mol. The molecule has 1 saturated heterocycles. The van der Waals surface area contributed by atoms with Gasteiger partial charge in [-0.05, 0) is 48.6 Å². The lowest BCUT2D eigenvalue weighted by Gasteiger charge is -2.38. The maximum Gasteiger partial charge on any atom is 0.416 e. The second-order valence-corrected chi connectivity index (χ2v) is 9.98. The van der Waals surface area contributed by atoms with E-state index in [1.54, 1.807) is 6.07 Å². The molecule has 0 aliphatic carbocycles. The lowest BCUT2D eigenvalue weighted by atomic mass is 9.89. The van der Waals surface area contributed by atoms with Crippen LogP contribution in [0.1, 0.15) is 39.2 Å². The maximum absolute atomic E-state index is 13.6. The molecule has 1 amide bonds. The van der Waals surface area contributed by atoms with Gasteiger partial charge in [-0.2, -0.15) is 18.4 Å². The van der Waals surface area contributed by atoms with Crippen LogP contribution in [0.4, 0.5) is 13.2 Å². The van der Waals surface area contributed by atoms with Crippen LogP contribution >= 0.6 is 23.2 Å². The summed E-state index contributed by atoms with van der Waals surface area (Å²) in [5.41, 5.74) is -3.42. The number of Topliss-reactive ketones (excluding diaryl/α,β-unsaturated/α-hetero) is 1. The summed E-state index contributed by atoms with van der Waals surface area (Å²) in [6, 6.07) is 8.35. The van der Waals surface area contributed by atoms with Crippen LogP contribution < -0.4 is 9.47 Å². The molecule has 0 saturated carbocycles. The molecule has 1 fully saturated rings. The zero-order valence-corrected chi connectivity index (χ0v) is 21.9. The molecule has 2 aromatic rings. The largest absolute Gasteiger partial charge is 0.456 e. The summed E-state index contributed by atoms with van der Waals surface area (Å²) in [6.07, 6.45) is -3.82. The number of carbonyl (C=O) groups is 2. The molecule has 0 spiro atoms. The highest BCUT2D eigenvalue weighted by atomic mass is 35.5. The normalized spacial score (nSPS) is 19.5. The maximum atomic E-state index is 13.6. The molecule has 2 aromatic carbocycles. The first-order valence-corrected chi connectivity index (χ1v) is 12.3. The number of carbonyl (C=O) groups excluding carboxylic acids is 2. The Labute approximate surface area is 222 Å². The van der Waals surface area contributed by atoms with Crippen molar-refractivity contribution >= 4 is 34.9 Å². The van der Waals surface area contributed by atoms with E-state index < -0.39 is 29.0 Å². The minimum atomic E-state index is -4.58. The molecule has 1 heterocycles. The van der Waals surface area contributed by atoms with E-state index in [0.29, 0.717) is 13.1 Å². The molecule has 3 rings (SSSR count). The lowest BCUT2D eigenvalue weighted by molar-refractivity contribution is -0.153. The number of alkyl halides is 3. The van der Waals surface area contributed by atoms with Crippen LogP contribution in [0.5, 0.6) is 17.2 Å². The monoisotopic (exact) mass is 556 g/mol. The Balaban J connectivity index is 1.95. The summed E-state index contributed by atoms with van der Waals surface area (Å²) in [6.45, 7) is 6.22. The van der Waals surface area contributed by atoms with Crippen LogP contribution in [0.25, 0.3) is 0 Å². The Hall–Kier alpha value is -2.96. The smallest absolute Gasteiger partial charge is 0.416 e. The predicted molar refractivity (Wildman–Crippen MR) is 132 cm³/mol. The van der Waals surface area contributed by atoms with E-state index in [1.807, 2.05) is 13.8 Å². The second-order valence-electron chi connectivity index (χ2n) is 9.17. The van der Waals surface area contributed by atoms with Gasteiger partial charge in [-0.25, -0.2) is 0 Å². The van der Waals surface area contributed by atoms with E-state index in [-0.39, 0.29) is 45.6 Å². The summed E-state index contributed by atoms with van der Waals surface area (Å²) in [4.78, 5) is 28.0. The van der Waals surface area contributed by atoms with E-state index in [9.17, 15) is 28.0 Å². The Morgan fingerprint density at radius 3 is 2.24 bits per heavy atom. The van der Waals surface area contributed by atoms with Gasteiger partial charge in [0, 0.05) is 25.6 Å². The zero-order chi connectivity index (χ0) is 27.5. The number of piperidine rings is 1. The highest BCUT2D eigenvalue weighted by Gasteiger charge is 2.51. The van der Waals surface area contributed by atoms with Crippen LogP contribution in [0, 0.1) is 23.2 Å². The third kappa shape index (κ3) is 6.31. The SMILES string of the molecule is CCC(=O)C(C#N)(Oc1cc(Oc2ccc(C(F)(F)F)cc2Cl)ccc1Cl)C(=O)N1CC(C)CC(C)C1. The van der Waals surface area contributed by atoms with E-state index in [0.717, 1.165) is 24.6 Å². The highest BCUT2D eigenvalue weighted by molar-refractivity contribution is 6.32. The number of nitriles is 1. The van der Waals surface area contributed by atoms with Crippen molar-refractivity contribution in [3.8, 4) is 23.3 Å². The number of ketones is 1. The molecule has 198 valence electrons. The first-order chi connectivity index (χ1) is 17.3. The van der Waals surface area contributed by atoms with E-state index >= 15 is 0 Å². The average molecular weight is 557 g/mol. The van der Waals surface area contributed by atoms with Crippen LogP contribution in [-0.4, -0.2) is 35.3 Å². The van der Waals surface area contributed by atoms with Crippen LogP contribution in [0.2, 0.25) is 10.0 Å². The van der Waals surface area contributed by atoms with Gasteiger partial charge in [0.05, 0.1) is 15.6 Å². The van der Waals surface area contributed by atoms with Crippen molar-refractivity contribution in [3.05, 3.63) is 52.0 Å². The fraction of sp³-hybridized carbons (Fsp3) is 0.423. The zero-order valence-electron chi connectivity index (χ0n) is 20.4. The van der Waals surface area contributed by atoms with Crippen molar-refractivity contribution in [1.29, 1.82) is 5.26 Å². The predicted octanol–water partition coefficient (Wildman–Crippen LogP) is 6.93. The first kappa shape index (κ1) is 28.6. The van der Waals surface area contributed by atoms with Crippen molar-refractivity contribution in [2.24, 2.45) is 11.8 Å². The van der Waals surface area contributed by atoms with Crippen molar-refractivity contribution in [3.63, 3.8) is 0 Å². The highest BCUT2D eigenvalue weighted by Crippen LogP contribution is 2.39. The molecule has 37 heavy (non-hydrogen) atoms. The second kappa shape index (κ2) is 11.2. The van der Waals surface area contributed by atoms with Gasteiger partial charge in [0.15, 0.2) is 0 Å². The fourth-order valence-corrected chi connectivity index (χ4v) is 4.71. The number of hydrogen-bond donors (Lipinski definition) is 0. The van der Waals surface area contributed by atoms with Crippen LogP contribution in [0.15, 0.2) is 36.4 Å². The molecule has 0 N–H and O–H groups in total. The lowest BCUT2D eigenvalue weighted by Crippen LogP contribution is -2.59. The van der Waals surface area contributed by atoms with Crippen molar-refractivity contribution in [2.45, 2.75) is 45.4 Å². The number of halogens is 5. The van der Waals surface area contributed by atoms with Gasteiger partial charge >= 0.3 is 11.8 Å². The van der Waals surface area contributed by atoms with Crippen LogP contribution in [-0.2, 0) is 15.8 Å². The van der Waals surface area contributed by atoms with Crippen molar-refractivity contribution in [1.82, 2.24) is 4.90 Å². The molecule has 3 unspecified atom stereocenters. The van der Waals surface area contributed by atoms with Gasteiger partial charge in [0.1, 0.15) is 23.3 Å². The van der Waals surface area contributed by atoms with Gasteiger partial charge in [-0.1, -0.05) is 44.0 Å². The molecule has 0 bridgehead atoms. The quantitative estimate of drug-likeness (QED) is 0.345. The average Bonchev–Trinajstić information content (AvgIpc) is 2.83. The van der Waals surface area contributed by atoms with Gasteiger partial charge in [-0.15, -0.1) is 0 Å². The summed E-state index contributed by atoms with van der Waals surface area (Å²) in [5, 5.41) is 9.77. The Kier molecular flexibility index (Phi) is 8.66. The van der Waals surface area contributed by atoms with Gasteiger partial charge < -0.3 is 14.4 Å². The number of benzene rings is 2. The minimum Gasteiger partial charge on any atom is -0.456 e. The molecule has 0 radical (unpaired) electrons. The number of likely N-dealkylation sites (tertiary alicyclic amines) is 1. The molecule has 11 heteroatoms. The van der Waals surface area contributed by atoms with E-state index in [4.69, 9.17) is 32.7 Å². The van der Waals surface area contributed by atoms with Crippen molar-refractivity contribution in [2.75, 3.05) is 13.1 Å². The molecule has 3 atom stereocenters. The standard InChI is InChI=1S/C26H25Cl2F3N2O4/c1-4-23(34)25(14-32,24(35)33-12-15(2)9-16(3)13-33)37-22-11-18(6-7-19(22)27)36-21-8-5-17(10-20(21)28)26(29,30)31/h5-8,10-11,15-16H,4,9,12-13H2,1-3H3. The Morgan fingerprint density at radius 2 is 1.70 bits per heavy atom. The van der Waals surface area contributed by atoms with Gasteiger partial charge in [-0.3, -0.25) is 9.59 Å². The molecular formula is C26H25Cl2F3N2O4. The summed E-state index contributed by atoms with van der Waals surface area (Å²) >= 11 is 12.2. The molecule has 6 nitrogen and oxygen atoms in total. The summed E-state index contributed by atoms with van der Waals surface area (Å²) in [5.74, 6) is -1.37. The fourth-order valence-electron chi connectivity index (χ4n) is 4.33. The van der Waals surface area contributed by atoms with Crippen LogP contribution in [0.3, 0.4) is 0 Å². The number of amides is 1. The molecule has 1 aliphatic rings. The van der Waals surface area contributed by atoms with Crippen molar-refractivity contribution < 1.29 is 32.2 Å². The molecule has 0 aromatic heterocycles. The first-order valence-electron chi connectivity index (χ1n) is 11.6. The Bertz CT molecular complexity index is 1220. The third-order valence-corrected chi connectivity index (χ3v) is 6.59. The Morgan fingerprint density at radius 1 is 1.05 bits per heavy atom. The number of ether oxygens (including phenoxy) is 2. The number of hydrogen-bond acceptors (Lipinski definition) is 5. The number of rotatable bonds is 7. The minimum absolute atomic E-state index is 0.0115. The van der Waals surface area contributed by atoms with E-state index in [2.05, 4.69) is 0 Å². The van der Waals surface area contributed by atoms with Gasteiger partial charge in [0.2, 0.25) is 5.78 Å². The summed E-state index contributed by atoms with van der Waals surface area (Å²) < 4.78 is 50.2. The molecule has 1 aliphatic heterocycles. The number of nitrogens with zero attached hydrogens (tertiary/aromatic N) is 2. The third-order valence-electron chi connectivity index (χ3n) is 5.98. The topological polar surface area (TPSA) is 79.6 Å². The van der Waals surface area contributed by atoms with Gasteiger partial charge in [0.25, 0.3) is 5.91 Å². The summed E-state index contributed by atoms with van der Waals surface area (Å²) in [7, 11) is 0.